The second kappa shape index (κ2) is 5.02. The Balaban J connectivity index is 2.26. The second-order valence-electron chi connectivity index (χ2n) is 4.49. The standard InChI is InChI=1S/C16H14O2S/c1-18-14-5-3-2-4-13(14)15-12(10-17)7-6-11-8-9-19-16(11)15/h2-5,8-10H,6-7H2,1H3. The summed E-state index contributed by atoms with van der Waals surface area (Å²) in [5, 5.41) is 2.09. The lowest BCUT2D eigenvalue weighted by molar-refractivity contribution is -0.105. The lowest BCUT2D eigenvalue weighted by Crippen LogP contribution is -2.05. The van der Waals surface area contributed by atoms with E-state index < -0.39 is 0 Å². The van der Waals surface area contributed by atoms with Crippen LogP contribution in [-0.2, 0) is 11.2 Å². The summed E-state index contributed by atoms with van der Waals surface area (Å²) in [7, 11) is 1.66. The van der Waals surface area contributed by atoms with Crippen molar-refractivity contribution in [2.45, 2.75) is 12.8 Å². The average molecular weight is 270 g/mol. The maximum absolute atomic E-state index is 11.4. The zero-order valence-corrected chi connectivity index (χ0v) is 11.5. The Bertz CT molecular complexity index is 652. The first-order chi connectivity index (χ1) is 9.35. The van der Waals surface area contributed by atoms with Crippen molar-refractivity contribution in [3.63, 3.8) is 0 Å². The monoisotopic (exact) mass is 270 g/mol. The van der Waals surface area contributed by atoms with Crippen LogP contribution in [0.3, 0.4) is 0 Å². The average Bonchev–Trinajstić information content (AvgIpc) is 2.94. The van der Waals surface area contributed by atoms with Crippen LogP contribution in [0.5, 0.6) is 5.75 Å². The van der Waals surface area contributed by atoms with E-state index in [4.69, 9.17) is 4.74 Å². The molecule has 0 radical (unpaired) electrons. The van der Waals surface area contributed by atoms with Crippen molar-refractivity contribution >= 4 is 23.2 Å². The summed E-state index contributed by atoms with van der Waals surface area (Å²) < 4.78 is 5.44. The number of benzene rings is 1. The molecule has 3 rings (SSSR count). The van der Waals surface area contributed by atoms with Gasteiger partial charge in [0.05, 0.1) is 7.11 Å². The minimum Gasteiger partial charge on any atom is -0.496 e. The van der Waals surface area contributed by atoms with Gasteiger partial charge >= 0.3 is 0 Å². The fourth-order valence-electron chi connectivity index (χ4n) is 2.56. The Labute approximate surface area is 116 Å². The first-order valence-corrected chi connectivity index (χ1v) is 7.11. The number of para-hydroxylation sites is 1. The fraction of sp³-hybridized carbons (Fsp3) is 0.188. The number of aldehydes is 1. The van der Waals surface area contributed by atoms with E-state index in [9.17, 15) is 4.79 Å². The zero-order chi connectivity index (χ0) is 13.2. The van der Waals surface area contributed by atoms with Crippen LogP contribution >= 0.6 is 11.3 Å². The summed E-state index contributed by atoms with van der Waals surface area (Å²) in [4.78, 5) is 12.6. The summed E-state index contributed by atoms with van der Waals surface area (Å²) in [6.45, 7) is 0. The lowest BCUT2D eigenvalue weighted by atomic mass is 9.88. The number of allylic oxidation sites excluding steroid dienone is 1. The van der Waals surface area contributed by atoms with Crippen molar-refractivity contribution in [2.75, 3.05) is 7.11 Å². The molecule has 0 saturated heterocycles. The van der Waals surface area contributed by atoms with Gasteiger partial charge in [0.25, 0.3) is 0 Å². The molecule has 2 nitrogen and oxygen atoms in total. The van der Waals surface area contributed by atoms with Crippen LogP contribution in [0.2, 0.25) is 0 Å². The van der Waals surface area contributed by atoms with Gasteiger partial charge in [-0.05, 0) is 35.9 Å². The highest BCUT2D eigenvalue weighted by atomic mass is 32.1. The third-order valence-corrected chi connectivity index (χ3v) is 4.45. The van der Waals surface area contributed by atoms with Gasteiger partial charge in [0.15, 0.2) is 0 Å². The van der Waals surface area contributed by atoms with Crippen LogP contribution in [0.15, 0.2) is 41.3 Å². The number of thiophene rings is 1. The van der Waals surface area contributed by atoms with E-state index in [2.05, 4.69) is 11.4 Å². The number of methoxy groups -OCH3 is 1. The molecule has 0 saturated carbocycles. The molecule has 0 amide bonds. The Morgan fingerprint density at radius 2 is 2.05 bits per heavy atom. The molecule has 1 aromatic carbocycles. The number of hydrogen-bond acceptors (Lipinski definition) is 3. The van der Waals surface area contributed by atoms with E-state index >= 15 is 0 Å². The van der Waals surface area contributed by atoms with E-state index in [1.54, 1.807) is 18.4 Å². The highest BCUT2D eigenvalue weighted by molar-refractivity contribution is 7.11. The van der Waals surface area contributed by atoms with Crippen LogP contribution in [0, 0.1) is 0 Å². The number of carbonyl (C=O) groups is 1. The van der Waals surface area contributed by atoms with Gasteiger partial charge in [0.1, 0.15) is 12.0 Å². The summed E-state index contributed by atoms with van der Waals surface area (Å²) in [6, 6.07) is 10.0. The maximum Gasteiger partial charge on any atom is 0.146 e. The van der Waals surface area contributed by atoms with Crippen LogP contribution in [-0.4, -0.2) is 13.4 Å². The van der Waals surface area contributed by atoms with Crippen molar-refractivity contribution in [3.05, 3.63) is 57.3 Å². The second-order valence-corrected chi connectivity index (χ2v) is 5.41. The molecule has 1 aliphatic carbocycles. The van der Waals surface area contributed by atoms with E-state index in [1.165, 1.54) is 10.4 Å². The van der Waals surface area contributed by atoms with E-state index in [-0.39, 0.29) is 0 Å². The molecule has 19 heavy (non-hydrogen) atoms. The molecule has 0 atom stereocenters. The first kappa shape index (κ1) is 12.2. The summed E-state index contributed by atoms with van der Waals surface area (Å²) in [5.74, 6) is 0.818. The molecular formula is C16H14O2S. The zero-order valence-electron chi connectivity index (χ0n) is 10.7. The molecular weight excluding hydrogens is 256 g/mol. The third-order valence-electron chi connectivity index (χ3n) is 3.48. The number of hydrogen-bond donors (Lipinski definition) is 0. The summed E-state index contributed by atoms with van der Waals surface area (Å²) >= 11 is 1.69. The van der Waals surface area contributed by atoms with Gasteiger partial charge in [-0.15, -0.1) is 11.3 Å². The SMILES string of the molecule is COc1ccccc1C1=C(C=O)CCc2ccsc21. The van der Waals surface area contributed by atoms with Crippen LogP contribution in [0.25, 0.3) is 5.57 Å². The van der Waals surface area contributed by atoms with Gasteiger partial charge in [0, 0.05) is 21.6 Å². The number of fused-ring (bicyclic) bond motifs is 1. The smallest absolute Gasteiger partial charge is 0.146 e. The Kier molecular flexibility index (Phi) is 3.22. The van der Waals surface area contributed by atoms with E-state index in [1.807, 2.05) is 24.3 Å². The van der Waals surface area contributed by atoms with Gasteiger partial charge in [0.2, 0.25) is 0 Å². The maximum atomic E-state index is 11.4. The van der Waals surface area contributed by atoms with Gasteiger partial charge in [-0.1, -0.05) is 18.2 Å². The van der Waals surface area contributed by atoms with Gasteiger partial charge < -0.3 is 4.74 Å². The Morgan fingerprint density at radius 3 is 2.84 bits per heavy atom. The molecule has 0 bridgehead atoms. The van der Waals surface area contributed by atoms with E-state index in [0.717, 1.165) is 41.6 Å². The van der Waals surface area contributed by atoms with Crippen molar-refractivity contribution < 1.29 is 9.53 Å². The van der Waals surface area contributed by atoms with Crippen molar-refractivity contribution in [2.24, 2.45) is 0 Å². The minimum absolute atomic E-state index is 0.806. The number of ether oxygens (including phenoxy) is 1. The molecule has 0 aliphatic heterocycles. The number of rotatable bonds is 3. The van der Waals surface area contributed by atoms with Gasteiger partial charge in [-0.2, -0.15) is 0 Å². The van der Waals surface area contributed by atoms with Crippen LogP contribution in [0.4, 0.5) is 0 Å². The van der Waals surface area contributed by atoms with Crippen LogP contribution in [0.1, 0.15) is 22.4 Å². The molecule has 0 unspecified atom stereocenters. The van der Waals surface area contributed by atoms with Gasteiger partial charge in [-0.25, -0.2) is 0 Å². The molecule has 1 aliphatic rings. The summed E-state index contributed by atoms with van der Waals surface area (Å²) in [6.07, 6.45) is 2.75. The number of carbonyl (C=O) groups excluding carboxylic acids is 1. The Hall–Kier alpha value is -1.87. The quantitative estimate of drug-likeness (QED) is 0.795. The van der Waals surface area contributed by atoms with Crippen molar-refractivity contribution in [3.8, 4) is 5.75 Å². The molecule has 1 heterocycles. The topological polar surface area (TPSA) is 26.3 Å². The number of aryl methyl sites for hydroxylation is 1. The molecule has 2 aromatic rings. The highest BCUT2D eigenvalue weighted by Gasteiger charge is 2.23. The Morgan fingerprint density at radius 1 is 1.21 bits per heavy atom. The van der Waals surface area contributed by atoms with E-state index in [0.29, 0.717) is 0 Å². The highest BCUT2D eigenvalue weighted by Crippen LogP contribution is 2.41. The molecule has 0 N–H and O–H groups in total. The first-order valence-electron chi connectivity index (χ1n) is 6.23. The lowest BCUT2D eigenvalue weighted by Gasteiger charge is -2.19. The predicted octanol–water partition coefficient (Wildman–Crippen LogP) is 3.70. The largest absolute Gasteiger partial charge is 0.496 e. The summed E-state index contributed by atoms with van der Waals surface area (Å²) in [5.41, 5.74) is 4.26. The normalized spacial score (nSPS) is 14.2. The van der Waals surface area contributed by atoms with Crippen molar-refractivity contribution in [1.82, 2.24) is 0 Å². The van der Waals surface area contributed by atoms with Crippen LogP contribution < -0.4 is 4.74 Å². The molecule has 96 valence electrons. The molecule has 0 spiro atoms. The molecule has 1 aromatic heterocycles. The third kappa shape index (κ3) is 2.00. The van der Waals surface area contributed by atoms with Gasteiger partial charge in [-0.3, -0.25) is 4.79 Å². The predicted molar refractivity (Wildman–Crippen MR) is 77.7 cm³/mol. The molecule has 3 heteroatoms. The van der Waals surface area contributed by atoms with Crippen molar-refractivity contribution in [1.29, 1.82) is 0 Å². The molecule has 0 fully saturated rings. The fourth-order valence-corrected chi connectivity index (χ4v) is 3.61. The minimum atomic E-state index is 0.806.